The third kappa shape index (κ3) is 5.57. The van der Waals surface area contributed by atoms with Gasteiger partial charge >= 0.3 is 0 Å². The van der Waals surface area contributed by atoms with Gasteiger partial charge in [0, 0.05) is 21.5 Å². The SMILES string of the molecule is CC(=O)c1cccc(NC(=O)Cc2csc(NC(=O)Cc3cccs3)n2)c1. The Labute approximate surface area is 164 Å². The number of hydrogen-bond acceptors (Lipinski definition) is 6. The maximum atomic E-state index is 12.2. The largest absolute Gasteiger partial charge is 0.326 e. The maximum absolute atomic E-state index is 12.2. The van der Waals surface area contributed by atoms with E-state index in [2.05, 4.69) is 15.6 Å². The van der Waals surface area contributed by atoms with Crippen LogP contribution in [-0.4, -0.2) is 22.6 Å². The molecular formula is C19H17N3O3S2. The molecule has 2 amide bonds. The van der Waals surface area contributed by atoms with Gasteiger partial charge in [-0.3, -0.25) is 14.4 Å². The number of rotatable bonds is 7. The van der Waals surface area contributed by atoms with Crippen LogP contribution in [0.15, 0.2) is 47.2 Å². The van der Waals surface area contributed by atoms with Crippen LogP contribution in [0.2, 0.25) is 0 Å². The molecule has 138 valence electrons. The van der Waals surface area contributed by atoms with E-state index in [9.17, 15) is 14.4 Å². The molecule has 0 spiro atoms. The van der Waals surface area contributed by atoms with Gasteiger partial charge in [-0.05, 0) is 30.5 Å². The predicted octanol–water partition coefficient (Wildman–Crippen LogP) is 3.77. The summed E-state index contributed by atoms with van der Waals surface area (Å²) in [5.74, 6) is -0.435. The first-order chi connectivity index (χ1) is 13.0. The number of ketones is 1. The van der Waals surface area contributed by atoms with Crippen molar-refractivity contribution in [2.45, 2.75) is 19.8 Å². The van der Waals surface area contributed by atoms with E-state index in [1.807, 2.05) is 17.5 Å². The zero-order chi connectivity index (χ0) is 19.2. The summed E-state index contributed by atoms with van der Waals surface area (Å²) in [6, 6.07) is 10.6. The molecule has 2 aromatic heterocycles. The molecule has 0 saturated carbocycles. The van der Waals surface area contributed by atoms with Crippen molar-refractivity contribution in [1.82, 2.24) is 4.98 Å². The molecule has 0 fully saturated rings. The minimum Gasteiger partial charge on any atom is -0.326 e. The van der Waals surface area contributed by atoms with Gasteiger partial charge in [-0.15, -0.1) is 22.7 Å². The molecule has 2 heterocycles. The Hall–Kier alpha value is -2.84. The molecule has 27 heavy (non-hydrogen) atoms. The molecule has 0 saturated heterocycles. The molecule has 8 heteroatoms. The fourth-order valence-electron chi connectivity index (χ4n) is 2.37. The van der Waals surface area contributed by atoms with E-state index in [1.54, 1.807) is 29.6 Å². The standard InChI is InChI=1S/C19H17N3O3S2/c1-12(23)13-4-2-5-14(8-13)20-17(24)9-15-11-27-19(21-15)22-18(25)10-16-6-3-7-26-16/h2-8,11H,9-10H2,1H3,(H,20,24)(H,21,22,25). The molecule has 2 N–H and O–H groups in total. The van der Waals surface area contributed by atoms with Crippen LogP contribution in [0.1, 0.15) is 27.9 Å². The van der Waals surface area contributed by atoms with E-state index in [-0.39, 0.29) is 24.0 Å². The predicted molar refractivity (Wildman–Crippen MR) is 108 cm³/mol. The number of aromatic nitrogens is 1. The van der Waals surface area contributed by atoms with Crippen molar-refractivity contribution in [2.24, 2.45) is 0 Å². The van der Waals surface area contributed by atoms with Crippen LogP contribution < -0.4 is 10.6 Å². The molecule has 0 aliphatic heterocycles. The molecule has 6 nitrogen and oxygen atoms in total. The number of Topliss-reactive ketones (excluding diaryl/α,β-unsaturated/α-hetero) is 1. The van der Waals surface area contributed by atoms with Crippen LogP contribution in [0.4, 0.5) is 10.8 Å². The number of carbonyl (C=O) groups is 3. The van der Waals surface area contributed by atoms with E-state index in [4.69, 9.17) is 0 Å². The van der Waals surface area contributed by atoms with E-state index in [0.29, 0.717) is 28.5 Å². The van der Waals surface area contributed by atoms with Gasteiger partial charge in [0.2, 0.25) is 11.8 Å². The first kappa shape index (κ1) is 18.9. The zero-order valence-corrected chi connectivity index (χ0v) is 16.2. The number of amides is 2. The first-order valence-corrected chi connectivity index (χ1v) is 9.93. The lowest BCUT2D eigenvalue weighted by Crippen LogP contribution is -2.16. The van der Waals surface area contributed by atoms with Gasteiger partial charge in [-0.1, -0.05) is 18.2 Å². The van der Waals surface area contributed by atoms with Gasteiger partial charge in [0.05, 0.1) is 18.5 Å². The monoisotopic (exact) mass is 399 g/mol. The summed E-state index contributed by atoms with van der Waals surface area (Å²) in [7, 11) is 0. The van der Waals surface area contributed by atoms with Gasteiger partial charge < -0.3 is 10.6 Å². The summed E-state index contributed by atoms with van der Waals surface area (Å²) in [4.78, 5) is 40.9. The van der Waals surface area contributed by atoms with E-state index >= 15 is 0 Å². The quantitative estimate of drug-likeness (QED) is 0.592. The minimum absolute atomic E-state index is 0.0615. The Morgan fingerprint density at radius 1 is 1.00 bits per heavy atom. The summed E-state index contributed by atoms with van der Waals surface area (Å²) in [5.41, 5.74) is 1.68. The highest BCUT2D eigenvalue weighted by molar-refractivity contribution is 7.14. The second kappa shape index (κ2) is 8.70. The second-order valence-electron chi connectivity index (χ2n) is 5.81. The lowest BCUT2D eigenvalue weighted by Gasteiger charge is -2.05. The van der Waals surface area contributed by atoms with Crippen LogP contribution in [0, 0.1) is 0 Å². The van der Waals surface area contributed by atoms with Gasteiger partial charge in [0.25, 0.3) is 0 Å². The Morgan fingerprint density at radius 2 is 1.81 bits per heavy atom. The van der Waals surface area contributed by atoms with Crippen molar-refractivity contribution in [3.8, 4) is 0 Å². The first-order valence-electron chi connectivity index (χ1n) is 8.17. The molecule has 0 radical (unpaired) electrons. The van der Waals surface area contributed by atoms with Crippen molar-refractivity contribution in [1.29, 1.82) is 0 Å². The highest BCUT2D eigenvalue weighted by atomic mass is 32.1. The average Bonchev–Trinajstić information content (AvgIpc) is 3.27. The number of thiazole rings is 1. The van der Waals surface area contributed by atoms with Gasteiger partial charge in [-0.25, -0.2) is 4.98 Å². The molecule has 0 aliphatic rings. The Kier molecular flexibility index (Phi) is 6.10. The Balaban J connectivity index is 1.54. The van der Waals surface area contributed by atoms with Crippen LogP contribution >= 0.6 is 22.7 Å². The fourth-order valence-corrected chi connectivity index (χ4v) is 3.80. The van der Waals surface area contributed by atoms with Crippen LogP contribution in [0.5, 0.6) is 0 Å². The summed E-state index contributed by atoms with van der Waals surface area (Å²) >= 11 is 2.81. The van der Waals surface area contributed by atoms with Crippen LogP contribution in [0.25, 0.3) is 0 Å². The third-order valence-electron chi connectivity index (χ3n) is 3.61. The zero-order valence-electron chi connectivity index (χ0n) is 14.5. The minimum atomic E-state index is -0.238. The van der Waals surface area contributed by atoms with Crippen LogP contribution in [0.3, 0.4) is 0 Å². The normalized spacial score (nSPS) is 10.4. The Morgan fingerprint density at radius 3 is 2.56 bits per heavy atom. The lowest BCUT2D eigenvalue weighted by atomic mass is 10.1. The topological polar surface area (TPSA) is 88.2 Å². The average molecular weight is 399 g/mol. The van der Waals surface area contributed by atoms with Crippen molar-refractivity contribution < 1.29 is 14.4 Å². The van der Waals surface area contributed by atoms with Crippen molar-refractivity contribution in [2.75, 3.05) is 10.6 Å². The molecule has 3 aromatic rings. The van der Waals surface area contributed by atoms with Gasteiger partial charge in [0.15, 0.2) is 10.9 Å². The third-order valence-corrected chi connectivity index (χ3v) is 5.29. The number of hydrogen-bond donors (Lipinski definition) is 2. The number of carbonyl (C=O) groups excluding carboxylic acids is 3. The molecule has 0 bridgehead atoms. The van der Waals surface area contributed by atoms with Crippen molar-refractivity contribution in [3.63, 3.8) is 0 Å². The number of nitrogens with zero attached hydrogens (tertiary/aromatic N) is 1. The summed E-state index contributed by atoms with van der Waals surface area (Å²) in [5, 5.41) is 9.64. The summed E-state index contributed by atoms with van der Waals surface area (Å²) in [6.07, 6.45) is 0.390. The Bertz CT molecular complexity index is 964. The van der Waals surface area contributed by atoms with Gasteiger partial charge in [0.1, 0.15) is 0 Å². The van der Waals surface area contributed by atoms with E-state index < -0.39 is 0 Å². The van der Waals surface area contributed by atoms with Crippen LogP contribution in [-0.2, 0) is 22.4 Å². The van der Waals surface area contributed by atoms with Gasteiger partial charge in [-0.2, -0.15) is 0 Å². The van der Waals surface area contributed by atoms with E-state index in [1.165, 1.54) is 29.6 Å². The maximum Gasteiger partial charge on any atom is 0.231 e. The molecular weight excluding hydrogens is 382 g/mol. The van der Waals surface area contributed by atoms with Crippen molar-refractivity contribution >= 4 is 51.1 Å². The summed E-state index contributed by atoms with van der Waals surface area (Å²) < 4.78 is 0. The smallest absolute Gasteiger partial charge is 0.231 e. The molecule has 0 atom stereocenters. The van der Waals surface area contributed by atoms with Crippen molar-refractivity contribution in [3.05, 3.63) is 63.3 Å². The molecule has 1 aromatic carbocycles. The van der Waals surface area contributed by atoms with E-state index in [0.717, 1.165) is 4.88 Å². The summed E-state index contributed by atoms with van der Waals surface area (Å²) in [6.45, 7) is 1.48. The highest BCUT2D eigenvalue weighted by Crippen LogP contribution is 2.18. The number of nitrogens with one attached hydrogen (secondary N) is 2. The lowest BCUT2D eigenvalue weighted by molar-refractivity contribution is -0.116. The number of thiophene rings is 1. The number of benzene rings is 1. The molecule has 0 unspecified atom stereocenters. The highest BCUT2D eigenvalue weighted by Gasteiger charge is 2.11. The molecule has 0 aliphatic carbocycles. The molecule has 3 rings (SSSR count). The second-order valence-corrected chi connectivity index (χ2v) is 7.70. The fraction of sp³-hybridized carbons (Fsp3) is 0.158. The number of anilines is 2.